The number of rotatable bonds is 9. The second kappa shape index (κ2) is 12.7. The molecule has 0 radical (unpaired) electrons. The van der Waals surface area contributed by atoms with Crippen LogP contribution in [0.5, 0.6) is 0 Å². The molecule has 0 amide bonds. The lowest BCUT2D eigenvalue weighted by Crippen LogP contribution is -2.47. The number of carbonyl (C=O) groups excluding carboxylic acids is 2. The Hall–Kier alpha value is -1.73. The molecule has 0 aliphatic rings. The lowest BCUT2D eigenvalue weighted by molar-refractivity contribution is -0.264. The zero-order valence-electron chi connectivity index (χ0n) is 21.5. The van der Waals surface area contributed by atoms with Crippen LogP contribution in [0, 0.1) is 16.7 Å². The summed E-state index contributed by atoms with van der Waals surface area (Å²) < 4.78 is 123. The van der Waals surface area contributed by atoms with Gasteiger partial charge in [0.15, 0.2) is 16.4 Å². The first-order valence-corrected chi connectivity index (χ1v) is 11.0. The summed E-state index contributed by atoms with van der Waals surface area (Å²) in [5.41, 5.74) is -8.35. The molecule has 216 valence electrons. The van der Waals surface area contributed by atoms with Crippen LogP contribution in [0.4, 0.5) is 39.5 Å². The van der Waals surface area contributed by atoms with E-state index in [-0.39, 0.29) is 18.9 Å². The van der Waals surface area contributed by atoms with Crippen molar-refractivity contribution < 1.29 is 63.7 Å². The van der Waals surface area contributed by atoms with Gasteiger partial charge in [0.05, 0.1) is 6.61 Å². The Kier molecular flexibility index (Phi) is 12.8. The van der Waals surface area contributed by atoms with Crippen LogP contribution in [-0.4, -0.2) is 53.9 Å². The zero-order chi connectivity index (χ0) is 29.6. The van der Waals surface area contributed by atoms with E-state index in [1.807, 2.05) is 0 Å². The van der Waals surface area contributed by atoms with Gasteiger partial charge in [-0.05, 0) is 46.5 Å². The summed E-state index contributed by atoms with van der Waals surface area (Å²) >= 11 is 0. The van der Waals surface area contributed by atoms with Crippen molar-refractivity contribution in [3.8, 4) is 0 Å². The molecule has 0 saturated heterocycles. The molecule has 0 aliphatic carbocycles. The molecule has 4 unspecified atom stereocenters. The lowest BCUT2D eigenvalue weighted by Gasteiger charge is -2.32. The molecular weight excluding hydrogens is 515 g/mol. The van der Waals surface area contributed by atoms with Gasteiger partial charge in [-0.1, -0.05) is 27.7 Å². The fourth-order valence-corrected chi connectivity index (χ4v) is 2.35. The summed E-state index contributed by atoms with van der Waals surface area (Å²) in [6, 6.07) is 0. The van der Waals surface area contributed by atoms with Crippen molar-refractivity contribution in [3.63, 3.8) is 0 Å². The van der Waals surface area contributed by atoms with Crippen LogP contribution in [0.2, 0.25) is 0 Å². The average molecular weight is 550 g/mol. The second-order valence-electron chi connectivity index (χ2n) is 9.55. The van der Waals surface area contributed by atoms with Crippen LogP contribution >= 0.6 is 0 Å². The normalized spacial score (nSPS) is 18.6. The molecule has 0 aliphatic heterocycles. The minimum absolute atomic E-state index is 0.0184. The van der Waals surface area contributed by atoms with Gasteiger partial charge in [-0.2, -0.15) is 39.5 Å². The molecule has 1 N–H and O–H groups in total. The summed E-state index contributed by atoms with van der Waals surface area (Å²) in [4.78, 5) is 22.9. The molecular formula is C22H35F9O5. The Labute approximate surface area is 204 Å². The largest absolute Gasteiger partial charge is 0.465 e. The van der Waals surface area contributed by atoms with Crippen LogP contribution in [0.25, 0.3) is 0 Å². The van der Waals surface area contributed by atoms with Gasteiger partial charge in [0.1, 0.15) is 6.10 Å². The highest BCUT2D eigenvalue weighted by Gasteiger charge is 2.58. The van der Waals surface area contributed by atoms with Crippen LogP contribution in [-0.2, 0) is 19.1 Å². The van der Waals surface area contributed by atoms with Crippen LogP contribution in [0.3, 0.4) is 0 Å². The van der Waals surface area contributed by atoms with Gasteiger partial charge in [-0.3, -0.25) is 9.59 Å². The summed E-state index contributed by atoms with van der Waals surface area (Å²) in [7, 11) is 0. The molecule has 0 spiro atoms. The fourth-order valence-electron chi connectivity index (χ4n) is 2.35. The lowest BCUT2D eigenvalue weighted by atomic mass is 9.86. The minimum atomic E-state index is -4.98. The van der Waals surface area contributed by atoms with Gasteiger partial charge in [0.2, 0.25) is 0 Å². The SMILES string of the molecule is CCC(C)(C(=O)OC(C)CC(C)(O)C(F)(F)F)C(F)(F)F.CCC(C)(C(=O)OCC(C)C)C(F)(F)F. The highest BCUT2D eigenvalue weighted by atomic mass is 19.4. The molecule has 0 aromatic rings. The Morgan fingerprint density at radius 1 is 0.722 bits per heavy atom. The van der Waals surface area contributed by atoms with Crippen molar-refractivity contribution in [1.29, 1.82) is 0 Å². The molecule has 0 aromatic carbocycles. The van der Waals surface area contributed by atoms with E-state index < -0.39 is 65.8 Å². The van der Waals surface area contributed by atoms with Crippen molar-refractivity contribution in [1.82, 2.24) is 0 Å². The van der Waals surface area contributed by atoms with Crippen molar-refractivity contribution in [3.05, 3.63) is 0 Å². The van der Waals surface area contributed by atoms with Crippen LogP contribution in [0.1, 0.15) is 74.7 Å². The average Bonchev–Trinajstić information content (AvgIpc) is 2.67. The molecule has 36 heavy (non-hydrogen) atoms. The predicted molar refractivity (Wildman–Crippen MR) is 112 cm³/mol. The summed E-state index contributed by atoms with van der Waals surface area (Å²) in [5, 5.41) is 9.22. The van der Waals surface area contributed by atoms with Crippen molar-refractivity contribution >= 4 is 11.9 Å². The van der Waals surface area contributed by atoms with Gasteiger partial charge in [-0.15, -0.1) is 0 Å². The third-order valence-corrected chi connectivity index (χ3v) is 5.72. The number of esters is 2. The summed E-state index contributed by atoms with van der Waals surface area (Å²) in [6.45, 7) is 8.93. The van der Waals surface area contributed by atoms with E-state index in [1.165, 1.54) is 6.92 Å². The van der Waals surface area contributed by atoms with Gasteiger partial charge >= 0.3 is 30.5 Å². The molecule has 0 aromatic heterocycles. The van der Waals surface area contributed by atoms with E-state index in [2.05, 4.69) is 9.47 Å². The Morgan fingerprint density at radius 3 is 1.36 bits per heavy atom. The highest BCUT2D eigenvalue weighted by molar-refractivity contribution is 5.77. The van der Waals surface area contributed by atoms with Gasteiger partial charge in [-0.25, -0.2) is 0 Å². The first-order valence-electron chi connectivity index (χ1n) is 11.0. The highest BCUT2D eigenvalue weighted by Crippen LogP contribution is 2.43. The predicted octanol–water partition coefficient (Wildman–Crippen LogP) is 6.76. The molecule has 0 saturated carbocycles. The van der Waals surface area contributed by atoms with E-state index in [9.17, 15) is 54.2 Å². The number of ether oxygens (including phenoxy) is 2. The van der Waals surface area contributed by atoms with E-state index in [4.69, 9.17) is 0 Å². The first-order chi connectivity index (χ1) is 15.7. The maximum Gasteiger partial charge on any atom is 0.417 e. The zero-order valence-corrected chi connectivity index (χ0v) is 21.5. The van der Waals surface area contributed by atoms with Crippen LogP contribution < -0.4 is 0 Å². The van der Waals surface area contributed by atoms with E-state index in [0.29, 0.717) is 13.8 Å². The number of halogens is 9. The molecule has 0 fully saturated rings. The molecule has 0 heterocycles. The van der Waals surface area contributed by atoms with Gasteiger partial charge < -0.3 is 14.6 Å². The summed E-state index contributed by atoms with van der Waals surface area (Å²) in [6.07, 6.45) is -17.9. The third-order valence-electron chi connectivity index (χ3n) is 5.72. The maximum absolute atomic E-state index is 12.8. The molecule has 5 nitrogen and oxygen atoms in total. The fraction of sp³-hybridized carbons (Fsp3) is 0.909. The monoisotopic (exact) mass is 550 g/mol. The van der Waals surface area contributed by atoms with Crippen molar-refractivity contribution in [2.75, 3.05) is 6.61 Å². The number of aliphatic hydroxyl groups is 1. The maximum atomic E-state index is 12.8. The topological polar surface area (TPSA) is 72.8 Å². The van der Waals surface area contributed by atoms with Crippen molar-refractivity contribution in [2.24, 2.45) is 16.7 Å². The number of carbonyl (C=O) groups is 2. The minimum Gasteiger partial charge on any atom is -0.465 e. The molecule has 4 atom stereocenters. The van der Waals surface area contributed by atoms with Crippen LogP contribution in [0.15, 0.2) is 0 Å². The van der Waals surface area contributed by atoms with E-state index >= 15 is 0 Å². The summed E-state index contributed by atoms with van der Waals surface area (Å²) in [5.74, 6) is -2.82. The third kappa shape index (κ3) is 9.62. The number of hydrogen-bond donors (Lipinski definition) is 1. The quantitative estimate of drug-likeness (QED) is 0.254. The number of hydrogen-bond acceptors (Lipinski definition) is 5. The first kappa shape index (κ1) is 36.4. The smallest absolute Gasteiger partial charge is 0.417 e. The second-order valence-corrected chi connectivity index (χ2v) is 9.55. The van der Waals surface area contributed by atoms with E-state index in [0.717, 1.165) is 20.8 Å². The van der Waals surface area contributed by atoms with Gasteiger partial charge in [0, 0.05) is 6.42 Å². The Balaban J connectivity index is 0. The Bertz CT molecular complexity index is 714. The molecule has 0 rings (SSSR count). The number of alkyl halides is 9. The standard InChI is InChI=1S/C12H18F6O3.C10H17F3O2/c1-5-9(3,11(13,14)15)8(19)21-7(2)6-10(4,20)12(16,17)18;1-5-9(4,10(11,12)13)8(14)15-6-7(2)3/h7,20H,5-6H2,1-4H3;7H,5-6H2,1-4H3. The van der Waals surface area contributed by atoms with E-state index in [1.54, 1.807) is 13.8 Å². The molecule has 0 bridgehead atoms. The van der Waals surface area contributed by atoms with Crippen molar-refractivity contribution in [2.45, 2.75) is 105 Å². The Morgan fingerprint density at radius 2 is 1.08 bits per heavy atom. The molecule has 14 heteroatoms. The van der Waals surface area contributed by atoms with Gasteiger partial charge in [0.25, 0.3) is 0 Å².